The van der Waals surface area contributed by atoms with Crippen molar-refractivity contribution in [2.45, 2.75) is 6.54 Å². The molecule has 31 heavy (non-hydrogen) atoms. The maximum Gasteiger partial charge on any atom is 0.319 e. The first-order valence-corrected chi connectivity index (χ1v) is 10.2. The first kappa shape index (κ1) is 18.8. The van der Waals surface area contributed by atoms with Gasteiger partial charge in [-0.15, -0.1) is 0 Å². The second-order valence-corrected chi connectivity index (χ2v) is 7.39. The maximum atomic E-state index is 12.6. The van der Waals surface area contributed by atoms with Crippen molar-refractivity contribution in [3.63, 3.8) is 0 Å². The van der Waals surface area contributed by atoms with E-state index < -0.39 is 0 Å². The average molecular weight is 403 g/mol. The van der Waals surface area contributed by atoms with Crippen molar-refractivity contribution in [2.24, 2.45) is 0 Å². The molecule has 4 nitrogen and oxygen atoms in total. The van der Waals surface area contributed by atoms with Crippen LogP contribution in [-0.2, 0) is 6.54 Å². The number of carbonyl (C=O) groups is 1. The summed E-state index contributed by atoms with van der Waals surface area (Å²) >= 11 is 0. The smallest absolute Gasteiger partial charge is 0.319 e. The quantitative estimate of drug-likeness (QED) is 0.366. The lowest BCUT2D eigenvalue weighted by molar-refractivity contribution is 0.252. The minimum Gasteiger partial charge on any atom is -0.334 e. The summed E-state index contributed by atoms with van der Waals surface area (Å²) in [5.41, 5.74) is 4.13. The van der Waals surface area contributed by atoms with Crippen LogP contribution in [0.1, 0.15) is 5.56 Å². The van der Waals surface area contributed by atoms with Crippen molar-refractivity contribution in [2.75, 3.05) is 5.32 Å². The molecule has 4 heteroatoms. The van der Waals surface area contributed by atoms with Crippen LogP contribution in [-0.4, -0.2) is 11.0 Å². The molecule has 5 rings (SSSR count). The Balaban J connectivity index is 1.38. The summed E-state index contributed by atoms with van der Waals surface area (Å²) < 4.78 is 0. The second kappa shape index (κ2) is 8.28. The lowest BCUT2D eigenvalue weighted by Crippen LogP contribution is -2.28. The van der Waals surface area contributed by atoms with E-state index in [9.17, 15) is 4.79 Å². The fraction of sp³-hybridized carbons (Fsp3) is 0.0370. The van der Waals surface area contributed by atoms with Crippen LogP contribution < -0.4 is 10.6 Å². The fourth-order valence-electron chi connectivity index (χ4n) is 3.95. The van der Waals surface area contributed by atoms with Crippen molar-refractivity contribution >= 4 is 33.3 Å². The minimum atomic E-state index is -0.236. The van der Waals surface area contributed by atoms with Gasteiger partial charge in [0.1, 0.15) is 0 Å². The van der Waals surface area contributed by atoms with Gasteiger partial charge in [0.15, 0.2) is 0 Å². The molecule has 4 aromatic carbocycles. The topological polar surface area (TPSA) is 54.0 Å². The summed E-state index contributed by atoms with van der Waals surface area (Å²) in [5, 5.41) is 10.2. The molecule has 0 spiro atoms. The molecule has 1 aromatic heterocycles. The van der Waals surface area contributed by atoms with E-state index in [2.05, 4.69) is 39.9 Å². The predicted molar refractivity (Wildman–Crippen MR) is 127 cm³/mol. The highest BCUT2D eigenvalue weighted by molar-refractivity contribution is 6.02. The molecule has 0 radical (unpaired) electrons. The number of benzene rings is 4. The van der Waals surface area contributed by atoms with E-state index in [0.717, 1.165) is 43.9 Å². The Morgan fingerprint density at radius 1 is 0.742 bits per heavy atom. The summed E-state index contributed by atoms with van der Waals surface area (Å²) in [6.45, 7) is 0.411. The van der Waals surface area contributed by atoms with E-state index in [-0.39, 0.29) is 6.03 Å². The second-order valence-electron chi connectivity index (χ2n) is 7.39. The summed E-state index contributed by atoms with van der Waals surface area (Å²) in [7, 11) is 0. The van der Waals surface area contributed by atoms with Gasteiger partial charge in [0, 0.05) is 29.7 Å². The van der Waals surface area contributed by atoms with Gasteiger partial charge in [-0.3, -0.25) is 4.98 Å². The van der Waals surface area contributed by atoms with E-state index >= 15 is 0 Å². The summed E-state index contributed by atoms with van der Waals surface area (Å²) in [5.74, 6) is 0. The van der Waals surface area contributed by atoms with Gasteiger partial charge in [-0.2, -0.15) is 0 Å². The van der Waals surface area contributed by atoms with Crippen molar-refractivity contribution in [3.8, 4) is 11.1 Å². The number of anilines is 1. The Morgan fingerprint density at radius 2 is 1.55 bits per heavy atom. The van der Waals surface area contributed by atoms with Gasteiger partial charge in [0.05, 0.1) is 5.69 Å². The SMILES string of the molecule is O=C(NCc1ccc(-c2ccccc2)c2ccncc12)Nc1cccc2ccccc12. The van der Waals surface area contributed by atoms with Crippen molar-refractivity contribution in [1.29, 1.82) is 0 Å². The summed E-state index contributed by atoms with van der Waals surface area (Å²) in [6.07, 6.45) is 3.67. The molecule has 0 aliphatic heterocycles. The number of nitrogens with one attached hydrogen (secondary N) is 2. The van der Waals surface area contributed by atoms with E-state index in [1.165, 1.54) is 0 Å². The van der Waals surface area contributed by atoms with Crippen molar-refractivity contribution < 1.29 is 4.79 Å². The molecule has 0 aliphatic carbocycles. The van der Waals surface area contributed by atoms with Crippen LogP contribution in [0, 0.1) is 0 Å². The number of amides is 2. The highest BCUT2D eigenvalue weighted by Crippen LogP contribution is 2.30. The molecular formula is C27H21N3O. The number of hydrogen-bond acceptors (Lipinski definition) is 2. The Hall–Kier alpha value is -4.18. The molecule has 150 valence electrons. The molecule has 2 N–H and O–H groups in total. The van der Waals surface area contributed by atoms with E-state index in [1.54, 1.807) is 6.20 Å². The number of fused-ring (bicyclic) bond motifs is 2. The fourth-order valence-corrected chi connectivity index (χ4v) is 3.95. The number of pyridine rings is 1. The molecule has 5 aromatic rings. The zero-order valence-corrected chi connectivity index (χ0v) is 16.9. The first-order valence-electron chi connectivity index (χ1n) is 10.2. The van der Waals surface area contributed by atoms with Crippen LogP contribution in [0.4, 0.5) is 10.5 Å². The molecule has 0 aliphatic rings. The molecule has 1 heterocycles. The van der Waals surface area contributed by atoms with Gasteiger partial charge >= 0.3 is 6.03 Å². The third kappa shape index (κ3) is 3.83. The number of carbonyl (C=O) groups excluding carboxylic acids is 1. The molecule has 0 saturated carbocycles. The zero-order chi connectivity index (χ0) is 21.0. The largest absolute Gasteiger partial charge is 0.334 e. The lowest BCUT2D eigenvalue weighted by atomic mass is 9.96. The van der Waals surface area contributed by atoms with Crippen LogP contribution in [0.25, 0.3) is 32.7 Å². The molecule has 0 unspecified atom stereocenters. The monoisotopic (exact) mass is 403 g/mol. The van der Waals surface area contributed by atoms with Crippen LogP contribution in [0.15, 0.2) is 103 Å². The van der Waals surface area contributed by atoms with Crippen LogP contribution in [0.2, 0.25) is 0 Å². The number of hydrogen-bond donors (Lipinski definition) is 2. The molecule has 0 bridgehead atoms. The molecular weight excluding hydrogens is 382 g/mol. The Morgan fingerprint density at radius 3 is 2.45 bits per heavy atom. The molecule has 0 atom stereocenters. The predicted octanol–water partition coefficient (Wildman–Crippen LogP) is 6.38. The maximum absolute atomic E-state index is 12.6. The third-order valence-corrected chi connectivity index (χ3v) is 5.47. The standard InChI is InChI=1S/C27H21N3O/c31-27(30-26-12-6-10-20-9-4-5-11-23(20)26)29-17-21-13-14-22(19-7-2-1-3-8-19)24-15-16-28-18-25(21)24/h1-16,18H,17H2,(H2,29,30,31). The molecule has 0 saturated heterocycles. The third-order valence-electron chi connectivity index (χ3n) is 5.47. The van der Waals surface area contributed by atoms with Gasteiger partial charge in [-0.05, 0) is 39.6 Å². The van der Waals surface area contributed by atoms with Gasteiger partial charge < -0.3 is 10.6 Å². The Kier molecular flexibility index (Phi) is 5.03. The minimum absolute atomic E-state index is 0.236. The lowest BCUT2D eigenvalue weighted by Gasteiger charge is -2.13. The summed E-state index contributed by atoms with van der Waals surface area (Å²) in [6, 6.07) is 30.1. The van der Waals surface area contributed by atoms with E-state index in [0.29, 0.717) is 6.54 Å². The number of rotatable bonds is 4. The average Bonchev–Trinajstić information content (AvgIpc) is 2.83. The number of aromatic nitrogens is 1. The van der Waals surface area contributed by atoms with Crippen LogP contribution in [0.3, 0.4) is 0 Å². The highest BCUT2D eigenvalue weighted by atomic mass is 16.2. The molecule has 0 fully saturated rings. The Bertz CT molecular complexity index is 1370. The van der Waals surface area contributed by atoms with Gasteiger partial charge in [0.2, 0.25) is 0 Å². The summed E-state index contributed by atoms with van der Waals surface area (Å²) in [4.78, 5) is 16.9. The van der Waals surface area contributed by atoms with Gasteiger partial charge in [-0.1, -0.05) is 78.9 Å². The number of urea groups is 1. The van der Waals surface area contributed by atoms with Gasteiger partial charge in [-0.25, -0.2) is 4.79 Å². The zero-order valence-electron chi connectivity index (χ0n) is 16.9. The Labute approximate surface area is 180 Å². The number of nitrogens with zero attached hydrogens (tertiary/aromatic N) is 1. The van der Waals surface area contributed by atoms with Crippen LogP contribution >= 0.6 is 0 Å². The van der Waals surface area contributed by atoms with Crippen molar-refractivity contribution in [3.05, 3.63) is 109 Å². The van der Waals surface area contributed by atoms with Gasteiger partial charge in [0.25, 0.3) is 0 Å². The first-order chi connectivity index (χ1) is 15.3. The van der Waals surface area contributed by atoms with Crippen LogP contribution in [0.5, 0.6) is 0 Å². The van der Waals surface area contributed by atoms with E-state index in [1.807, 2.05) is 72.9 Å². The van der Waals surface area contributed by atoms with Crippen molar-refractivity contribution in [1.82, 2.24) is 10.3 Å². The van der Waals surface area contributed by atoms with E-state index in [4.69, 9.17) is 0 Å². The highest BCUT2D eigenvalue weighted by Gasteiger charge is 2.10. The normalized spacial score (nSPS) is 10.8. The molecule has 2 amide bonds.